The average molecular weight is 358 g/mol. The zero-order valence-corrected chi connectivity index (χ0v) is 15.7. The molecule has 2 unspecified atom stereocenters. The van der Waals surface area contributed by atoms with E-state index in [1.807, 2.05) is 0 Å². The quantitative estimate of drug-likeness (QED) is 0.849. The second-order valence-corrected chi connectivity index (χ2v) is 8.04. The summed E-state index contributed by atoms with van der Waals surface area (Å²) in [7, 11) is 0. The lowest BCUT2D eigenvalue weighted by atomic mass is 9.97. The van der Waals surface area contributed by atoms with E-state index >= 15 is 0 Å². The summed E-state index contributed by atoms with van der Waals surface area (Å²) in [6.07, 6.45) is 4.57. The first-order valence-electron chi connectivity index (χ1n) is 10.0. The van der Waals surface area contributed by atoms with Gasteiger partial charge in [0.2, 0.25) is 5.91 Å². The normalized spacial score (nSPS) is 26.0. The van der Waals surface area contributed by atoms with Crippen molar-refractivity contribution in [2.24, 2.45) is 11.8 Å². The Morgan fingerprint density at radius 3 is 2.62 bits per heavy atom. The van der Waals surface area contributed by atoms with Crippen LogP contribution in [0.1, 0.15) is 42.9 Å². The van der Waals surface area contributed by atoms with E-state index in [9.17, 15) is 4.79 Å². The average Bonchev–Trinajstić information content (AvgIpc) is 3.34. The van der Waals surface area contributed by atoms with Crippen LogP contribution in [-0.2, 0) is 14.3 Å². The highest BCUT2D eigenvalue weighted by molar-refractivity contribution is 5.78. The molecule has 2 atom stereocenters. The molecule has 5 nitrogen and oxygen atoms in total. The fourth-order valence-corrected chi connectivity index (χ4v) is 4.20. The number of amides is 1. The van der Waals surface area contributed by atoms with E-state index in [2.05, 4.69) is 41.4 Å². The smallest absolute Gasteiger partial charge is 0.234 e. The molecular weight excluding hydrogens is 328 g/mol. The van der Waals surface area contributed by atoms with Crippen LogP contribution in [0.5, 0.6) is 0 Å². The Balaban J connectivity index is 1.32. The van der Waals surface area contributed by atoms with E-state index in [1.165, 1.54) is 24.0 Å². The highest BCUT2D eigenvalue weighted by Crippen LogP contribution is 2.41. The number of carbonyl (C=O) groups is 1. The minimum absolute atomic E-state index is 0.0763. The largest absolute Gasteiger partial charge is 0.350 e. The van der Waals surface area contributed by atoms with Crippen molar-refractivity contribution in [1.29, 1.82) is 0 Å². The summed E-state index contributed by atoms with van der Waals surface area (Å²) in [5.74, 6) is 1.11. The number of nitrogens with zero attached hydrogens (tertiary/aromatic N) is 1. The third-order valence-corrected chi connectivity index (χ3v) is 5.79. The molecular formula is C21H30N2O3. The number of hydrogen-bond donors (Lipinski definition) is 1. The maximum Gasteiger partial charge on any atom is 0.234 e. The lowest BCUT2D eigenvalue weighted by Crippen LogP contribution is -2.46. The summed E-state index contributed by atoms with van der Waals surface area (Å²) >= 11 is 0. The minimum atomic E-state index is -0.0763. The number of likely N-dealkylation sites (tertiary alicyclic amines) is 1. The number of carbonyl (C=O) groups excluding carboxylic acids is 1. The van der Waals surface area contributed by atoms with E-state index in [1.54, 1.807) is 0 Å². The molecule has 2 aliphatic heterocycles. The Bertz CT molecular complexity index is 608. The standard InChI is InChI=1S/C21H30N2O3/c1-15-4-6-16(7-5-15)20(17-8-9-17)22-19(24)14-23-10-2-3-18(13-23)21-25-11-12-26-21/h4-7,17-18,20-21H,2-3,8-14H2,1H3,(H,22,24). The summed E-state index contributed by atoms with van der Waals surface area (Å²) in [4.78, 5) is 15.0. The molecule has 0 spiro atoms. The van der Waals surface area contributed by atoms with Crippen LogP contribution in [-0.4, -0.2) is 49.9 Å². The van der Waals surface area contributed by atoms with Gasteiger partial charge in [-0.3, -0.25) is 9.69 Å². The van der Waals surface area contributed by atoms with Crippen LogP contribution in [0.15, 0.2) is 24.3 Å². The molecule has 1 amide bonds. The molecule has 1 saturated carbocycles. The van der Waals surface area contributed by atoms with Crippen LogP contribution in [0, 0.1) is 18.8 Å². The summed E-state index contributed by atoms with van der Waals surface area (Å²) in [6.45, 7) is 5.83. The van der Waals surface area contributed by atoms with Gasteiger partial charge in [-0.2, -0.15) is 0 Å². The molecule has 2 saturated heterocycles. The number of aryl methyl sites for hydroxylation is 1. The molecule has 142 valence electrons. The zero-order chi connectivity index (χ0) is 17.9. The van der Waals surface area contributed by atoms with E-state index < -0.39 is 0 Å². The molecule has 1 N–H and O–H groups in total. The van der Waals surface area contributed by atoms with Crippen molar-refractivity contribution in [3.05, 3.63) is 35.4 Å². The molecule has 0 radical (unpaired) electrons. The van der Waals surface area contributed by atoms with Crippen LogP contribution < -0.4 is 5.32 Å². The molecule has 3 aliphatic rings. The number of ether oxygens (including phenoxy) is 2. The molecule has 1 aliphatic carbocycles. The van der Waals surface area contributed by atoms with Gasteiger partial charge in [-0.25, -0.2) is 0 Å². The van der Waals surface area contributed by atoms with Crippen molar-refractivity contribution in [2.75, 3.05) is 32.8 Å². The molecule has 26 heavy (non-hydrogen) atoms. The molecule has 4 rings (SSSR count). The number of nitrogens with one attached hydrogen (secondary N) is 1. The van der Waals surface area contributed by atoms with Crippen molar-refractivity contribution >= 4 is 5.91 Å². The zero-order valence-electron chi connectivity index (χ0n) is 15.7. The van der Waals surface area contributed by atoms with Crippen LogP contribution in [0.2, 0.25) is 0 Å². The third kappa shape index (κ3) is 4.45. The van der Waals surface area contributed by atoms with Gasteiger partial charge in [-0.1, -0.05) is 29.8 Å². The molecule has 3 fully saturated rings. The van der Waals surface area contributed by atoms with E-state index in [4.69, 9.17) is 9.47 Å². The van der Waals surface area contributed by atoms with Gasteiger partial charge in [0, 0.05) is 12.5 Å². The maximum absolute atomic E-state index is 12.7. The Kier molecular flexibility index (Phi) is 5.57. The molecule has 0 bridgehead atoms. The van der Waals surface area contributed by atoms with Crippen molar-refractivity contribution in [3.8, 4) is 0 Å². The van der Waals surface area contributed by atoms with Crippen molar-refractivity contribution in [1.82, 2.24) is 10.2 Å². The second kappa shape index (κ2) is 8.07. The molecule has 1 aromatic rings. The van der Waals surface area contributed by atoms with Gasteiger partial charge in [-0.05, 0) is 50.6 Å². The lowest BCUT2D eigenvalue weighted by molar-refractivity contribution is -0.126. The van der Waals surface area contributed by atoms with Gasteiger partial charge in [0.1, 0.15) is 0 Å². The van der Waals surface area contributed by atoms with Gasteiger partial charge >= 0.3 is 0 Å². The van der Waals surface area contributed by atoms with Gasteiger partial charge in [0.05, 0.1) is 25.8 Å². The van der Waals surface area contributed by atoms with E-state index in [0.717, 1.165) is 25.9 Å². The predicted octanol–water partition coefficient (Wildman–Crippen LogP) is 2.65. The van der Waals surface area contributed by atoms with E-state index in [0.29, 0.717) is 31.6 Å². The van der Waals surface area contributed by atoms with Crippen LogP contribution in [0.3, 0.4) is 0 Å². The number of benzene rings is 1. The summed E-state index contributed by atoms with van der Waals surface area (Å²) in [6, 6.07) is 8.74. The molecule has 0 aromatic heterocycles. The van der Waals surface area contributed by atoms with Crippen LogP contribution in [0.25, 0.3) is 0 Å². The first-order chi connectivity index (χ1) is 12.7. The number of rotatable bonds is 6. The monoisotopic (exact) mass is 358 g/mol. The van der Waals surface area contributed by atoms with Gasteiger partial charge in [0.15, 0.2) is 6.29 Å². The fraction of sp³-hybridized carbons (Fsp3) is 0.667. The lowest BCUT2D eigenvalue weighted by Gasteiger charge is -2.34. The molecule has 1 aromatic carbocycles. The van der Waals surface area contributed by atoms with E-state index in [-0.39, 0.29) is 18.2 Å². The van der Waals surface area contributed by atoms with Crippen molar-refractivity contribution < 1.29 is 14.3 Å². The minimum Gasteiger partial charge on any atom is -0.350 e. The first kappa shape index (κ1) is 18.0. The third-order valence-electron chi connectivity index (χ3n) is 5.79. The van der Waals surface area contributed by atoms with Crippen molar-refractivity contribution in [3.63, 3.8) is 0 Å². The van der Waals surface area contributed by atoms with Gasteiger partial charge in [-0.15, -0.1) is 0 Å². The first-order valence-corrected chi connectivity index (χ1v) is 10.0. The highest BCUT2D eigenvalue weighted by atomic mass is 16.7. The predicted molar refractivity (Wildman–Crippen MR) is 99.6 cm³/mol. The fourth-order valence-electron chi connectivity index (χ4n) is 4.20. The number of piperidine rings is 1. The van der Waals surface area contributed by atoms with Gasteiger partial charge < -0.3 is 14.8 Å². The Labute approximate surface area is 156 Å². The number of hydrogen-bond acceptors (Lipinski definition) is 4. The Hall–Kier alpha value is -1.43. The Morgan fingerprint density at radius 1 is 1.19 bits per heavy atom. The molecule has 5 heteroatoms. The van der Waals surface area contributed by atoms with Crippen LogP contribution in [0.4, 0.5) is 0 Å². The summed E-state index contributed by atoms with van der Waals surface area (Å²) in [5.41, 5.74) is 2.49. The van der Waals surface area contributed by atoms with Crippen molar-refractivity contribution in [2.45, 2.75) is 44.9 Å². The SMILES string of the molecule is Cc1ccc(C(NC(=O)CN2CCCC(C3OCCO3)C2)C2CC2)cc1. The highest BCUT2D eigenvalue weighted by Gasteiger charge is 2.35. The maximum atomic E-state index is 12.7. The van der Waals surface area contributed by atoms with Gasteiger partial charge in [0.25, 0.3) is 0 Å². The molecule has 2 heterocycles. The summed E-state index contributed by atoms with van der Waals surface area (Å²) in [5, 5.41) is 3.30. The summed E-state index contributed by atoms with van der Waals surface area (Å²) < 4.78 is 11.3. The van der Waals surface area contributed by atoms with Crippen LogP contribution >= 0.6 is 0 Å². The Morgan fingerprint density at radius 2 is 1.92 bits per heavy atom. The topological polar surface area (TPSA) is 50.8 Å². The second-order valence-electron chi connectivity index (χ2n) is 8.04.